The zero-order valence-electron chi connectivity index (χ0n) is 8.79. The second kappa shape index (κ2) is 9.30. The molecule has 0 fully saturated rings. The maximum absolute atomic E-state index is 10.7. The molecule has 0 saturated carbocycles. The lowest BCUT2D eigenvalue weighted by molar-refractivity contribution is -0.121. The molecule has 0 aromatic carbocycles. The smallest absolute Gasteiger partial charge is 0.233 e. The number of nitrogens with two attached hydrogens (primary N) is 2. The number of carbonyl (C=O) groups excluding carboxylic acids is 1. The van der Waals surface area contributed by atoms with E-state index in [0.717, 1.165) is 30.8 Å². The Labute approximate surface area is 90.1 Å². The fourth-order valence-electron chi connectivity index (χ4n) is 0.933. The van der Waals surface area contributed by atoms with Gasteiger partial charge in [0.2, 0.25) is 5.91 Å². The average Bonchev–Trinajstić information content (AvgIpc) is 2.15. The monoisotopic (exact) mass is 219 g/mol. The molecule has 0 heterocycles. The predicted octanol–water partition coefficient (Wildman–Crippen LogP) is 0.617. The van der Waals surface area contributed by atoms with Gasteiger partial charge in [0.15, 0.2) is 0 Å². The second-order valence-electron chi connectivity index (χ2n) is 3.40. The Bertz CT molecular complexity index is 153. The van der Waals surface area contributed by atoms with Crippen molar-refractivity contribution in [3.8, 4) is 0 Å². The zero-order valence-corrected chi connectivity index (χ0v) is 9.61. The van der Waals surface area contributed by atoms with E-state index in [1.807, 2.05) is 18.7 Å². The van der Waals surface area contributed by atoms with Gasteiger partial charge in [0, 0.05) is 12.5 Å². The molecule has 5 heteroatoms. The number of unbranched alkanes of at least 4 members (excludes halogenated alkanes) is 1. The van der Waals surface area contributed by atoms with Gasteiger partial charge in [-0.15, -0.1) is 0 Å². The Morgan fingerprint density at radius 1 is 1.43 bits per heavy atom. The van der Waals surface area contributed by atoms with Gasteiger partial charge in [0.1, 0.15) is 0 Å². The standard InChI is InChI=1S/C9H21N3OS/c1-8(10)5-7-14-6-3-2-4-9(13)12-11/h8H,2-7,10-11H2,1H3,(H,12,13). The molecule has 14 heavy (non-hydrogen) atoms. The third-order valence-electron chi connectivity index (χ3n) is 1.82. The van der Waals surface area contributed by atoms with Crippen LogP contribution in [0.4, 0.5) is 0 Å². The highest BCUT2D eigenvalue weighted by Gasteiger charge is 1.98. The number of hydrogen-bond donors (Lipinski definition) is 3. The Kier molecular flexibility index (Phi) is 9.13. The Hall–Kier alpha value is -0.260. The van der Waals surface area contributed by atoms with Gasteiger partial charge in [-0.05, 0) is 37.7 Å². The predicted molar refractivity (Wildman–Crippen MR) is 61.8 cm³/mol. The molecule has 0 aromatic rings. The highest BCUT2D eigenvalue weighted by atomic mass is 32.2. The van der Waals surface area contributed by atoms with E-state index in [9.17, 15) is 4.79 Å². The summed E-state index contributed by atoms with van der Waals surface area (Å²) in [6.07, 6.45) is 3.57. The summed E-state index contributed by atoms with van der Waals surface area (Å²) in [6.45, 7) is 2.02. The third-order valence-corrected chi connectivity index (χ3v) is 2.92. The van der Waals surface area contributed by atoms with E-state index < -0.39 is 0 Å². The Morgan fingerprint density at radius 2 is 2.14 bits per heavy atom. The minimum atomic E-state index is -0.0782. The SMILES string of the molecule is CC(N)CCSCCCCC(=O)NN. The van der Waals surface area contributed by atoms with Crippen molar-refractivity contribution in [3.63, 3.8) is 0 Å². The molecule has 5 N–H and O–H groups in total. The van der Waals surface area contributed by atoms with Crippen LogP contribution in [0.3, 0.4) is 0 Å². The normalized spacial score (nSPS) is 12.5. The first kappa shape index (κ1) is 13.7. The summed E-state index contributed by atoms with van der Waals surface area (Å²) < 4.78 is 0. The van der Waals surface area contributed by atoms with Crippen molar-refractivity contribution >= 4 is 17.7 Å². The molecule has 0 saturated heterocycles. The van der Waals surface area contributed by atoms with E-state index in [0.29, 0.717) is 12.5 Å². The fraction of sp³-hybridized carbons (Fsp3) is 0.889. The van der Waals surface area contributed by atoms with Gasteiger partial charge in [-0.1, -0.05) is 0 Å². The number of hydrogen-bond acceptors (Lipinski definition) is 4. The molecule has 1 unspecified atom stereocenters. The first-order valence-electron chi connectivity index (χ1n) is 4.99. The number of thioether (sulfide) groups is 1. The molecule has 1 amide bonds. The maximum Gasteiger partial charge on any atom is 0.233 e. The van der Waals surface area contributed by atoms with Crippen molar-refractivity contribution in [3.05, 3.63) is 0 Å². The number of carbonyl (C=O) groups is 1. The summed E-state index contributed by atoms with van der Waals surface area (Å²) in [5.74, 6) is 7.08. The van der Waals surface area contributed by atoms with E-state index >= 15 is 0 Å². The van der Waals surface area contributed by atoms with Crippen molar-refractivity contribution < 1.29 is 4.79 Å². The van der Waals surface area contributed by atoms with Crippen molar-refractivity contribution in [1.29, 1.82) is 0 Å². The van der Waals surface area contributed by atoms with E-state index in [2.05, 4.69) is 5.43 Å². The molecule has 0 aromatic heterocycles. The van der Waals surface area contributed by atoms with E-state index in [1.54, 1.807) is 0 Å². The number of rotatable bonds is 8. The molecular formula is C9H21N3OS. The molecule has 0 bridgehead atoms. The molecule has 84 valence electrons. The summed E-state index contributed by atoms with van der Waals surface area (Å²) in [5.41, 5.74) is 7.73. The summed E-state index contributed by atoms with van der Waals surface area (Å²) in [5, 5.41) is 0. The van der Waals surface area contributed by atoms with Gasteiger partial charge in [-0.3, -0.25) is 10.2 Å². The van der Waals surface area contributed by atoms with Crippen molar-refractivity contribution in [2.45, 2.75) is 38.6 Å². The number of hydrazine groups is 1. The highest BCUT2D eigenvalue weighted by Crippen LogP contribution is 2.08. The third kappa shape index (κ3) is 9.83. The zero-order chi connectivity index (χ0) is 10.8. The van der Waals surface area contributed by atoms with Gasteiger partial charge >= 0.3 is 0 Å². The van der Waals surface area contributed by atoms with Crippen molar-refractivity contribution in [1.82, 2.24) is 5.43 Å². The molecule has 0 aliphatic heterocycles. The van der Waals surface area contributed by atoms with E-state index in [4.69, 9.17) is 11.6 Å². The molecule has 0 aliphatic carbocycles. The lowest BCUT2D eigenvalue weighted by atomic mass is 10.2. The Balaban J connectivity index is 3.03. The largest absolute Gasteiger partial charge is 0.328 e. The Morgan fingerprint density at radius 3 is 2.71 bits per heavy atom. The summed E-state index contributed by atoms with van der Waals surface area (Å²) >= 11 is 1.90. The first-order valence-corrected chi connectivity index (χ1v) is 6.15. The van der Waals surface area contributed by atoms with Crippen LogP contribution in [0.1, 0.15) is 32.6 Å². The number of nitrogens with one attached hydrogen (secondary N) is 1. The molecular weight excluding hydrogens is 198 g/mol. The van der Waals surface area contributed by atoms with Crippen LogP contribution in [0.2, 0.25) is 0 Å². The van der Waals surface area contributed by atoms with Crippen LogP contribution in [0, 0.1) is 0 Å². The molecule has 0 rings (SSSR count). The quantitative estimate of drug-likeness (QED) is 0.242. The van der Waals surface area contributed by atoms with Gasteiger partial charge in [0.25, 0.3) is 0 Å². The van der Waals surface area contributed by atoms with E-state index in [-0.39, 0.29) is 5.91 Å². The lowest BCUT2D eigenvalue weighted by Gasteiger charge is -2.04. The van der Waals surface area contributed by atoms with Crippen LogP contribution in [0.5, 0.6) is 0 Å². The summed E-state index contributed by atoms with van der Waals surface area (Å²) in [4.78, 5) is 10.7. The average molecular weight is 219 g/mol. The van der Waals surface area contributed by atoms with Gasteiger partial charge in [-0.25, -0.2) is 5.84 Å². The van der Waals surface area contributed by atoms with Crippen molar-refractivity contribution in [2.75, 3.05) is 11.5 Å². The van der Waals surface area contributed by atoms with Gasteiger partial charge < -0.3 is 5.73 Å². The minimum Gasteiger partial charge on any atom is -0.328 e. The number of amides is 1. The van der Waals surface area contributed by atoms with Crippen LogP contribution < -0.4 is 17.0 Å². The topological polar surface area (TPSA) is 81.1 Å². The maximum atomic E-state index is 10.7. The van der Waals surface area contributed by atoms with Crippen LogP contribution in [-0.4, -0.2) is 23.5 Å². The van der Waals surface area contributed by atoms with E-state index in [1.165, 1.54) is 0 Å². The second-order valence-corrected chi connectivity index (χ2v) is 4.63. The first-order chi connectivity index (χ1) is 6.66. The summed E-state index contributed by atoms with van der Waals surface area (Å²) in [6, 6.07) is 0.297. The molecule has 0 spiro atoms. The van der Waals surface area contributed by atoms with Crippen LogP contribution >= 0.6 is 11.8 Å². The molecule has 0 radical (unpaired) electrons. The molecule has 0 aliphatic rings. The van der Waals surface area contributed by atoms with Crippen LogP contribution in [-0.2, 0) is 4.79 Å². The molecule has 4 nitrogen and oxygen atoms in total. The highest BCUT2D eigenvalue weighted by molar-refractivity contribution is 7.99. The van der Waals surface area contributed by atoms with Gasteiger partial charge in [-0.2, -0.15) is 11.8 Å². The van der Waals surface area contributed by atoms with Crippen LogP contribution in [0.15, 0.2) is 0 Å². The van der Waals surface area contributed by atoms with Crippen LogP contribution in [0.25, 0.3) is 0 Å². The molecule has 1 atom stereocenters. The minimum absolute atomic E-state index is 0.0782. The fourth-order valence-corrected chi connectivity index (χ4v) is 2.08. The van der Waals surface area contributed by atoms with Gasteiger partial charge in [0.05, 0.1) is 0 Å². The van der Waals surface area contributed by atoms with Crippen molar-refractivity contribution in [2.24, 2.45) is 11.6 Å². The summed E-state index contributed by atoms with van der Waals surface area (Å²) in [7, 11) is 0. The lowest BCUT2D eigenvalue weighted by Crippen LogP contribution is -2.29.